The van der Waals surface area contributed by atoms with Crippen LogP contribution in [0.25, 0.3) is 0 Å². The molecule has 0 bridgehead atoms. The summed E-state index contributed by atoms with van der Waals surface area (Å²) in [6.45, 7) is 7.42. The number of hydrogen-bond donors (Lipinski definition) is 1. The molecule has 1 N–H and O–H groups in total. The van der Waals surface area contributed by atoms with Crippen molar-refractivity contribution >= 4 is 0 Å². The van der Waals surface area contributed by atoms with Crippen LogP contribution in [0.5, 0.6) is 0 Å². The fraction of sp³-hybridized carbons (Fsp3) is 1.00. The summed E-state index contributed by atoms with van der Waals surface area (Å²) in [5.41, 5.74) is 0. The summed E-state index contributed by atoms with van der Waals surface area (Å²) in [4.78, 5) is 5.19. The van der Waals surface area contributed by atoms with Gasteiger partial charge in [-0.15, -0.1) is 0 Å². The van der Waals surface area contributed by atoms with Gasteiger partial charge in [-0.05, 0) is 45.3 Å². The second kappa shape index (κ2) is 7.31. The lowest BCUT2D eigenvalue weighted by Gasteiger charge is -2.37. The zero-order valence-electron chi connectivity index (χ0n) is 10.8. The number of likely N-dealkylation sites (tertiary alicyclic amines) is 2. The minimum Gasteiger partial charge on any atom is -0.394 e. The number of hydrogen-bond acceptors (Lipinski definition) is 4. The van der Waals surface area contributed by atoms with Crippen LogP contribution in [0.3, 0.4) is 0 Å². The largest absolute Gasteiger partial charge is 0.394 e. The highest BCUT2D eigenvalue weighted by Gasteiger charge is 2.26. The molecular weight excluding hydrogens is 216 g/mol. The van der Waals surface area contributed by atoms with Crippen molar-refractivity contribution in [2.45, 2.75) is 31.7 Å². The maximum Gasteiger partial charge on any atom is 0.0698 e. The fourth-order valence-corrected chi connectivity index (χ4v) is 3.00. The van der Waals surface area contributed by atoms with Crippen molar-refractivity contribution in [3.05, 3.63) is 0 Å². The number of piperidine rings is 1. The SMILES string of the molecule is OCCOCCN1CCCC(N2CCCC2)C1. The van der Waals surface area contributed by atoms with Gasteiger partial charge in [0.05, 0.1) is 19.8 Å². The van der Waals surface area contributed by atoms with E-state index in [0.717, 1.165) is 19.2 Å². The van der Waals surface area contributed by atoms with E-state index in [1.807, 2.05) is 0 Å². The van der Waals surface area contributed by atoms with Crippen molar-refractivity contribution in [3.8, 4) is 0 Å². The summed E-state index contributed by atoms with van der Waals surface area (Å²) in [7, 11) is 0. The Morgan fingerprint density at radius 1 is 1.06 bits per heavy atom. The molecule has 1 unspecified atom stereocenters. The van der Waals surface area contributed by atoms with Crippen molar-refractivity contribution in [2.24, 2.45) is 0 Å². The highest BCUT2D eigenvalue weighted by Crippen LogP contribution is 2.20. The molecule has 0 spiro atoms. The standard InChI is InChI=1S/C13H26N2O2/c16-9-11-17-10-8-14-5-3-4-13(12-14)15-6-1-2-7-15/h13,16H,1-12H2. The smallest absolute Gasteiger partial charge is 0.0698 e. The Bertz CT molecular complexity index is 208. The molecule has 2 heterocycles. The topological polar surface area (TPSA) is 35.9 Å². The molecule has 2 saturated heterocycles. The third-order valence-corrected chi connectivity index (χ3v) is 3.93. The monoisotopic (exact) mass is 242 g/mol. The van der Waals surface area contributed by atoms with E-state index in [9.17, 15) is 0 Å². The second-order valence-corrected chi connectivity index (χ2v) is 5.18. The first-order valence-electron chi connectivity index (χ1n) is 7.05. The van der Waals surface area contributed by atoms with E-state index in [0.29, 0.717) is 6.61 Å². The van der Waals surface area contributed by atoms with Gasteiger partial charge in [-0.25, -0.2) is 0 Å². The Morgan fingerprint density at radius 2 is 1.88 bits per heavy atom. The first-order chi connectivity index (χ1) is 8.40. The van der Waals surface area contributed by atoms with Gasteiger partial charge in [0.15, 0.2) is 0 Å². The summed E-state index contributed by atoms with van der Waals surface area (Å²) in [5, 5.41) is 8.64. The molecule has 2 aliphatic heterocycles. The lowest BCUT2D eigenvalue weighted by Crippen LogP contribution is -2.47. The quantitative estimate of drug-likeness (QED) is 0.690. The molecule has 0 amide bonds. The summed E-state index contributed by atoms with van der Waals surface area (Å²) < 4.78 is 5.34. The van der Waals surface area contributed by atoms with Crippen molar-refractivity contribution in [2.75, 3.05) is 52.5 Å². The molecule has 0 radical (unpaired) electrons. The van der Waals surface area contributed by atoms with Crippen LogP contribution in [0.15, 0.2) is 0 Å². The van der Waals surface area contributed by atoms with Gasteiger partial charge in [0.1, 0.15) is 0 Å². The number of ether oxygens (including phenoxy) is 1. The van der Waals surface area contributed by atoms with Gasteiger partial charge in [0.2, 0.25) is 0 Å². The van der Waals surface area contributed by atoms with Gasteiger partial charge < -0.3 is 9.84 Å². The Labute approximate surface area is 105 Å². The summed E-state index contributed by atoms with van der Waals surface area (Å²) in [6, 6.07) is 0.782. The molecule has 0 aliphatic carbocycles. The molecule has 2 fully saturated rings. The molecule has 2 rings (SSSR count). The van der Waals surface area contributed by atoms with E-state index in [1.54, 1.807) is 0 Å². The molecule has 4 nitrogen and oxygen atoms in total. The molecule has 1 atom stereocenters. The molecule has 0 aromatic heterocycles. The number of aliphatic hydroxyl groups excluding tert-OH is 1. The molecule has 17 heavy (non-hydrogen) atoms. The lowest BCUT2D eigenvalue weighted by molar-refractivity contribution is 0.0537. The van der Waals surface area contributed by atoms with Crippen LogP contribution in [-0.2, 0) is 4.74 Å². The van der Waals surface area contributed by atoms with Crippen LogP contribution in [0.2, 0.25) is 0 Å². The van der Waals surface area contributed by atoms with Crippen molar-refractivity contribution < 1.29 is 9.84 Å². The maximum absolute atomic E-state index is 8.64. The van der Waals surface area contributed by atoms with Crippen molar-refractivity contribution in [3.63, 3.8) is 0 Å². The lowest BCUT2D eigenvalue weighted by atomic mass is 10.0. The van der Waals surface area contributed by atoms with Crippen LogP contribution < -0.4 is 0 Å². The van der Waals surface area contributed by atoms with Gasteiger partial charge in [0.25, 0.3) is 0 Å². The maximum atomic E-state index is 8.64. The summed E-state index contributed by atoms with van der Waals surface area (Å²) in [5.74, 6) is 0. The third-order valence-electron chi connectivity index (χ3n) is 3.93. The van der Waals surface area contributed by atoms with Crippen LogP contribution >= 0.6 is 0 Å². The predicted molar refractivity (Wildman–Crippen MR) is 68.2 cm³/mol. The van der Waals surface area contributed by atoms with Crippen molar-refractivity contribution in [1.82, 2.24) is 9.80 Å². The fourth-order valence-electron chi connectivity index (χ4n) is 3.00. The van der Waals surface area contributed by atoms with Gasteiger partial charge in [-0.1, -0.05) is 0 Å². The van der Waals surface area contributed by atoms with Gasteiger partial charge >= 0.3 is 0 Å². The van der Waals surface area contributed by atoms with E-state index in [-0.39, 0.29) is 6.61 Å². The summed E-state index contributed by atoms with van der Waals surface area (Å²) >= 11 is 0. The molecule has 100 valence electrons. The number of rotatable bonds is 6. The average molecular weight is 242 g/mol. The Kier molecular flexibility index (Phi) is 5.71. The number of aliphatic hydroxyl groups is 1. The highest BCUT2D eigenvalue weighted by molar-refractivity contribution is 4.83. The normalized spacial score (nSPS) is 27.7. The minimum absolute atomic E-state index is 0.135. The predicted octanol–water partition coefficient (Wildman–Crippen LogP) is 0.556. The molecule has 2 aliphatic rings. The van der Waals surface area contributed by atoms with E-state index < -0.39 is 0 Å². The van der Waals surface area contributed by atoms with Crippen LogP contribution in [0, 0.1) is 0 Å². The molecule has 0 aromatic carbocycles. The Hall–Kier alpha value is -0.160. The molecule has 0 aromatic rings. The molecule has 4 heteroatoms. The zero-order chi connectivity index (χ0) is 11.9. The molecular formula is C13H26N2O2. The number of nitrogens with zero attached hydrogens (tertiary/aromatic N) is 2. The van der Waals surface area contributed by atoms with Gasteiger partial charge in [-0.2, -0.15) is 0 Å². The second-order valence-electron chi connectivity index (χ2n) is 5.18. The highest BCUT2D eigenvalue weighted by atomic mass is 16.5. The van der Waals surface area contributed by atoms with Gasteiger partial charge in [0, 0.05) is 19.1 Å². The average Bonchev–Trinajstić information content (AvgIpc) is 2.89. The summed E-state index contributed by atoms with van der Waals surface area (Å²) in [6.07, 6.45) is 5.46. The third kappa shape index (κ3) is 4.21. The van der Waals surface area contributed by atoms with E-state index >= 15 is 0 Å². The minimum atomic E-state index is 0.135. The van der Waals surface area contributed by atoms with E-state index in [1.165, 1.54) is 51.9 Å². The van der Waals surface area contributed by atoms with Gasteiger partial charge in [-0.3, -0.25) is 9.80 Å². The first-order valence-corrected chi connectivity index (χ1v) is 7.05. The van der Waals surface area contributed by atoms with Crippen LogP contribution in [0.1, 0.15) is 25.7 Å². The molecule has 0 saturated carbocycles. The van der Waals surface area contributed by atoms with Crippen LogP contribution in [0.4, 0.5) is 0 Å². The zero-order valence-corrected chi connectivity index (χ0v) is 10.8. The van der Waals surface area contributed by atoms with E-state index in [4.69, 9.17) is 9.84 Å². The van der Waals surface area contributed by atoms with E-state index in [2.05, 4.69) is 9.80 Å². The Morgan fingerprint density at radius 3 is 2.65 bits per heavy atom. The Balaban J connectivity index is 1.65. The first kappa shape index (κ1) is 13.3. The van der Waals surface area contributed by atoms with Crippen LogP contribution in [-0.4, -0.2) is 73.5 Å². The van der Waals surface area contributed by atoms with Crippen molar-refractivity contribution in [1.29, 1.82) is 0 Å².